The molecule has 6 rings (SSSR count). The zero-order valence-corrected chi connectivity index (χ0v) is 26.1. The highest BCUT2D eigenvalue weighted by Crippen LogP contribution is 2.42. The van der Waals surface area contributed by atoms with Gasteiger partial charge in [-0.25, -0.2) is 18.3 Å². The van der Waals surface area contributed by atoms with E-state index in [1.807, 2.05) is 18.7 Å². The van der Waals surface area contributed by atoms with Gasteiger partial charge in [0.2, 0.25) is 11.8 Å². The second-order valence-electron chi connectivity index (χ2n) is 12.7. The van der Waals surface area contributed by atoms with Gasteiger partial charge in [0.1, 0.15) is 11.4 Å². The maximum Gasteiger partial charge on any atom is 0.393 e. The molecule has 5 atom stereocenters. The lowest BCUT2D eigenvalue weighted by atomic mass is 9.80. The molecule has 0 aromatic carbocycles. The number of nitrogens with zero attached hydrogens (tertiary/aromatic N) is 7. The van der Waals surface area contributed by atoms with Crippen molar-refractivity contribution in [1.82, 2.24) is 40.0 Å². The number of carbonyl (C=O) groups is 2. The first kappa shape index (κ1) is 33.0. The summed E-state index contributed by atoms with van der Waals surface area (Å²) < 4.78 is 78.7. The zero-order chi connectivity index (χ0) is 33.5. The quantitative estimate of drug-likeness (QED) is 0.348. The van der Waals surface area contributed by atoms with Gasteiger partial charge in [-0.1, -0.05) is 0 Å². The summed E-state index contributed by atoms with van der Waals surface area (Å²) in [5.41, 5.74) is 0.846. The fourth-order valence-electron chi connectivity index (χ4n) is 6.89. The van der Waals surface area contributed by atoms with Crippen LogP contribution in [0.25, 0.3) is 5.78 Å². The first-order valence-corrected chi connectivity index (χ1v) is 16.0. The van der Waals surface area contributed by atoms with Crippen LogP contribution >= 0.6 is 0 Å². The number of hydrogen-bond acceptors (Lipinski definition) is 8. The van der Waals surface area contributed by atoms with Crippen molar-refractivity contribution in [3.63, 3.8) is 0 Å². The summed E-state index contributed by atoms with van der Waals surface area (Å²) in [4.78, 5) is 37.5. The molecule has 0 spiro atoms. The molecule has 1 saturated carbocycles. The minimum absolute atomic E-state index is 0.105. The van der Waals surface area contributed by atoms with Crippen LogP contribution in [0.3, 0.4) is 0 Å². The van der Waals surface area contributed by atoms with E-state index >= 15 is 0 Å². The summed E-state index contributed by atoms with van der Waals surface area (Å²) in [6, 6.07) is 0.634. The van der Waals surface area contributed by atoms with Crippen molar-refractivity contribution in [2.45, 2.75) is 83.2 Å². The second kappa shape index (κ2) is 13.0. The molecule has 5 heterocycles. The summed E-state index contributed by atoms with van der Waals surface area (Å²) in [7, 11) is 0. The Hall–Kier alpha value is -3.89. The summed E-state index contributed by atoms with van der Waals surface area (Å²) in [6.45, 7) is 4.89. The summed E-state index contributed by atoms with van der Waals surface area (Å²) in [5, 5.41) is 14.1. The van der Waals surface area contributed by atoms with Gasteiger partial charge in [-0.05, 0) is 45.1 Å². The highest BCUT2D eigenvalue weighted by atomic mass is 19.4. The van der Waals surface area contributed by atoms with Crippen LogP contribution in [0.1, 0.15) is 73.9 Å². The van der Waals surface area contributed by atoms with Crippen LogP contribution in [0.5, 0.6) is 0 Å². The summed E-state index contributed by atoms with van der Waals surface area (Å²) in [6.07, 6.45) is -2.11. The molecule has 0 radical (unpaired) electrons. The highest BCUT2D eigenvalue weighted by molar-refractivity contribution is 5.92. The lowest BCUT2D eigenvalue weighted by molar-refractivity contribution is -0.183. The van der Waals surface area contributed by atoms with Gasteiger partial charge in [0.05, 0.1) is 36.6 Å². The van der Waals surface area contributed by atoms with Crippen LogP contribution in [0.4, 0.5) is 27.8 Å². The van der Waals surface area contributed by atoms with Crippen LogP contribution in [0.15, 0.2) is 18.5 Å². The van der Waals surface area contributed by atoms with Gasteiger partial charge in [0.25, 0.3) is 11.7 Å². The van der Waals surface area contributed by atoms with Crippen LogP contribution in [0, 0.1) is 17.8 Å². The average molecular weight is 668 g/mol. The molecule has 2 N–H and O–H groups in total. The van der Waals surface area contributed by atoms with Crippen LogP contribution in [-0.4, -0.2) is 85.6 Å². The third-order valence-corrected chi connectivity index (χ3v) is 9.29. The number of piperidine rings is 1. The lowest BCUT2D eigenvalue weighted by Crippen LogP contribution is -2.47. The van der Waals surface area contributed by atoms with Gasteiger partial charge in [0, 0.05) is 57.6 Å². The Morgan fingerprint density at radius 2 is 2.09 bits per heavy atom. The Labute approximate surface area is 267 Å². The number of imidazole rings is 1. The fraction of sp³-hybridized carbons (Fsp3) is 0.667. The summed E-state index contributed by atoms with van der Waals surface area (Å²) >= 11 is 0. The van der Waals surface area contributed by atoms with Crippen molar-refractivity contribution in [3.8, 4) is 0 Å². The van der Waals surface area contributed by atoms with E-state index in [4.69, 9.17) is 14.8 Å². The molecule has 3 fully saturated rings. The molecule has 2 saturated heterocycles. The van der Waals surface area contributed by atoms with E-state index < -0.39 is 60.7 Å². The Bertz CT molecular complexity index is 1610. The number of nitrogens with one attached hydrogen (secondary N) is 2. The highest BCUT2D eigenvalue weighted by Gasteiger charge is 2.45. The number of morpholine rings is 1. The number of rotatable bonds is 8. The predicted molar refractivity (Wildman–Crippen MR) is 158 cm³/mol. The molecule has 0 bridgehead atoms. The van der Waals surface area contributed by atoms with Crippen LogP contribution in [0.2, 0.25) is 0 Å². The smallest absolute Gasteiger partial charge is 0.375 e. The number of ether oxygens (including phenoxy) is 1. The normalized spacial score (nSPS) is 25.9. The number of hydrogen-bond donors (Lipinski definition) is 2. The van der Waals surface area contributed by atoms with Crippen molar-refractivity contribution in [3.05, 3.63) is 35.5 Å². The molecule has 1 unspecified atom stereocenters. The van der Waals surface area contributed by atoms with Gasteiger partial charge in [-0.2, -0.15) is 28.4 Å². The topological polar surface area (TPSA) is 132 Å². The molecular formula is C30H38F5N9O3. The van der Waals surface area contributed by atoms with Gasteiger partial charge in [-0.15, -0.1) is 0 Å². The SMILES string of the molecule is CCn1nccc1C(=O)N[C@H](c1cn2nc(CC3C[C@@H](C(F)(F)F)CNC3=O)c(N3CCO[C@H](C)C3)nc2n1)[C@@H]1CCCC(F)(F)C1. The van der Waals surface area contributed by atoms with Crippen LogP contribution < -0.4 is 15.5 Å². The number of amides is 2. The molecule has 2 aliphatic heterocycles. The van der Waals surface area contributed by atoms with E-state index in [1.54, 1.807) is 6.07 Å². The standard InChI is InChI=1S/C30H38F5N9O3/c1-3-43-23(6-8-37-43)27(46)39-24(18-5-4-7-29(31,32)13-18)22-16-44-28(38-22)40-25(42-9-10-47-17(2)15-42)21(41-44)12-19-11-20(30(33,34)35)14-36-26(19)45/h6,8,16-20,24H,3-5,7,9-15H2,1-2H3,(H,36,45)(H,39,46)/t17-,18-,19?,20-,24+/m1/s1. The Balaban J connectivity index is 1.38. The third-order valence-electron chi connectivity index (χ3n) is 9.29. The number of carbonyl (C=O) groups excluding carboxylic acids is 2. The van der Waals surface area contributed by atoms with Gasteiger partial charge in [-0.3, -0.25) is 14.3 Å². The third kappa shape index (κ3) is 7.18. The fourth-order valence-corrected chi connectivity index (χ4v) is 6.89. The van der Waals surface area contributed by atoms with Gasteiger partial charge < -0.3 is 20.3 Å². The van der Waals surface area contributed by atoms with Crippen molar-refractivity contribution in [2.75, 3.05) is 31.1 Å². The summed E-state index contributed by atoms with van der Waals surface area (Å²) in [5.74, 6) is -6.73. The molecule has 47 heavy (non-hydrogen) atoms. The van der Waals surface area contributed by atoms with Crippen molar-refractivity contribution >= 4 is 23.4 Å². The molecule has 256 valence electrons. The number of aromatic nitrogens is 6. The maximum atomic E-state index is 14.7. The Morgan fingerprint density at radius 1 is 1.28 bits per heavy atom. The molecule has 17 heteroatoms. The monoisotopic (exact) mass is 667 g/mol. The molecule has 3 aromatic heterocycles. The van der Waals surface area contributed by atoms with E-state index in [1.165, 1.54) is 21.6 Å². The Kier molecular flexibility index (Phi) is 9.11. The minimum Gasteiger partial charge on any atom is -0.375 e. The number of aryl methyl sites for hydroxylation is 1. The predicted octanol–water partition coefficient (Wildman–Crippen LogP) is 3.72. The van der Waals surface area contributed by atoms with E-state index in [-0.39, 0.29) is 49.0 Å². The molecular weight excluding hydrogens is 629 g/mol. The van der Waals surface area contributed by atoms with Crippen molar-refractivity contribution in [2.24, 2.45) is 17.8 Å². The first-order chi connectivity index (χ1) is 22.3. The largest absolute Gasteiger partial charge is 0.393 e. The maximum absolute atomic E-state index is 14.7. The molecule has 2 amide bonds. The molecule has 12 nitrogen and oxygen atoms in total. The molecule has 3 aliphatic rings. The van der Waals surface area contributed by atoms with Crippen LogP contribution in [-0.2, 0) is 22.5 Å². The van der Waals surface area contributed by atoms with E-state index in [0.29, 0.717) is 44.2 Å². The van der Waals surface area contributed by atoms with E-state index in [2.05, 4.69) is 20.7 Å². The van der Waals surface area contributed by atoms with E-state index in [0.717, 1.165) is 0 Å². The molecule has 1 aliphatic carbocycles. The average Bonchev–Trinajstić information content (AvgIpc) is 3.66. The zero-order valence-electron chi connectivity index (χ0n) is 26.1. The lowest BCUT2D eigenvalue weighted by Gasteiger charge is -2.34. The minimum atomic E-state index is -4.46. The van der Waals surface area contributed by atoms with Gasteiger partial charge in [0.15, 0.2) is 5.82 Å². The number of halogens is 5. The van der Waals surface area contributed by atoms with Crippen molar-refractivity contribution < 1.29 is 36.3 Å². The van der Waals surface area contributed by atoms with Gasteiger partial charge >= 0.3 is 6.18 Å². The second-order valence-corrected chi connectivity index (χ2v) is 12.7. The first-order valence-electron chi connectivity index (χ1n) is 16.0. The number of alkyl halides is 5. The van der Waals surface area contributed by atoms with E-state index in [9.17, 15) is 31.5 Å². The number of fused-ring (bicyclic) bond motifs is 1. The van der Waals surface area contributed by atoms with Crippen molar-refractivity contribution in [1.29, 1.82) is 0 Å². The number of anilines is 1. The molecule has 3 aromatic rings. The Morgan fingerprint density at radius 3 is 2.81 bits per heavy atom.